The third-order valence-electron chi connectivity index (χ3n) is 4.31. The molecule has 2 aromatic carbocycles. The van der Waals surface area contributed by atoms with Gasteiger partial charge in [-0.3, -0.25) is 4.79 Å². The molecule has 1 N–H and O–H groups in total. The summed E-state index contributed by atoms with van der Waals surface area (Å²) in [6, 6.07) is 15.0. The van der Waals surface area contributed by atoms with Gasteiger partial charge in [-0.05, 0) is 55.3 Å². The van der Waals surface area contributed by atoms with Crippen molar-refractivity contribution in [3.05, 3.63) is 72.3 Å². The van der Waals surface area contributed by atoms with Crippen molar-refractivity contribution in [2.75, 3.05) is 6.61 Å². The second-order valence-electron chi connectivity index (χ2n) is 6.35. The molecule has 0 saturated heterocycles. The lowest BCUT2D eigenvalue weighted by molar-refractivity contribution is 0.0940. The summed E-state index contributed by atoms with van der Waals surface area (Å²) in [6.07, 6.45) is 5.26. The van der Waals surface area contributed by atoms with Gasteiger partial charge in [0, 0.05) is 5.56 Å². The molecule has 1 atom stereocenters. The largest absolute Gasteiger partial charge is 0.494 e. The molecule has 0 aliphatic heterocycles. The van der Waals surface area contributed by atoms with Crippen LogP contribution >= 0.6 is 0 Å². The Morgan fingerprint density at radius 3 is 2.52 bits per heavy atom. The van der Waals surface area contributed by atoms with E-state index in [-0.39, 0.29) is 11.9 Å². The van der Waals surface area contributed by atoms with Crippen LogP contribution in [-0.2, 0) is 0 Å². The van der Waals surface area contributed by atoms with Gasteiger partial charge in [-0.1, -0.05) is 25.5 Å². The van der Waals surface area contributed by atoms with Crippen LogP contribution in [0.2, 0.25) is 0 Å². The third-order valence-corrected chi connectivity index (χ3v) is 4.31. The number of unbranched alkanes of at least 4 members (excludes halogenated alkanes) is 1. The van der Waals surface area contributed by atoms with E-state index in [1.807, 2.05) is 43.3 Å². The van der Waals surface area contributed by atoms with Crippen molar-refractivity contribution >= 4 is 5.91 Å². The molecule has 1 heterocycles. The van der Waals surface area contributed by atoms with Gasteiger partial charge in [0.15, 0.2) is 0 Å². The first-order valence-corrected chi connectivity index (χ1v) is 9.16. The lowest BCUT2D eigenvalue weighted by atomic mass is 10.1. The molecule has 0 fully saturated rings. The summed E-state index contributed by atoms with van der Waals surface area (Å²) in [5, 5.41) is 7.13. The standard InChI is InChI=1S/C21H24N4O2/c1-3-4-13-27-20-11-7-18(8-12-20)21(26)24-16(2)17-5-9-19(10-6-17)25-15-22-14-23-25/h5-12,14-16H,3-4,13H2,1-2H3,(H,24,26). The first-order chi connectivity index (χ1) is 13.2. The molecule has 0 aliphatic carbocycles. The molecule has 0 spiro atoms. The maximum Gasteiger partial charge on any atom is 0.251 e. The zero-order chi connectivity index (χ0) is 19.1. The number of carbonyl (C=O) groups is 1. The van der Waals surface area contributed by atoms with E-state index < -0.39 is 0 Å². The summed E-state index contributed by atoms with van der Waals surface area (Å²) in [7, 11) is 0. The van der Waals surface area contributed by atoms with Crippen LogP contribution in [0.15, 0.2) is 61.2 Å². The van der Waals surface area contributed by atoms with E-state index in [1.54, 1.807) is 23.1 Å². The number of ether oxygens (including phenoxy) is 1. The molecule has 3 aromatic rings. The fraction of sp³-hybridized carbons (Fsp3) is 0.286. The lowest BCUT2D eigenvalue weighted by Gasteiger charge is -2.15. The molecule has 6 nitrogen and oxygen atoms in total. The van der Waals surface area contributed by atoms with Crippen molar-refractivity contribution in [2.45, 2.75) is 32.7 Å². The minimum Gasteiger partial charge on any atom is -0.494 e. The number of hydrogen-bond acceptors (Lipinski definition) is 4. The summed E-state index contributed by atoms with van der Waals surface area (Å²) >= 11 is 0. The first-order valence-electron chi connectivity index (χ1n) is 9.16. The predicted molar refractivity (Wildman–Crippen MR) is 104 cm³/mol. The molecule has 27 heavy (non-hydrogen) atoms. The smallest absolute Gasteiger partial charge is 0.251 e. The van der Waals surface area contributed by atoms with Crippen molar-refractivity contribution in [2.24, 2.45) is 0 Å². The fourth-order valence-corrected chi connectivity index (χ4v) is 2.66. The van der Waals surface area contributed by atoms with Gasteiger partial charge >= 0.3 is 0 Å². The van der Waals surface area contributed by atoms with E-state index in [0.29, 0.717) is 12.2 Å². The number of benzene rings is 2. The minimum atomic E-state index is -0.109. The van der Waals surface area contributed by atoms with Gasteiger partial charge in [-0.2, -0.15) is 5.10 Å². The highest BCUT2D eigenvalue weighted by molar-refractivity contribution is 5.94. The van der Waals surface area contributed by atoms with Crippen LogP contribution in [0.3, 0.4) is 0 Å². The Balaban J connectivity index is 1.58. The van der Waals surface area contributed by atoms with Gasteiger partial charge in [-0.15, -0.1) is 0 Å². The summed E-state index contributed by atoms with van der Waals surface area (Å²) < 4.78 is 7.32. The van der Waals surface area contributed by atoms with Gasteiger partial charge in [0.05, 0.1) is 18.3 Å². The van der Waals surface area contributed by atoms with Crippen LogP contribution in [0, 0.1) is 0 Å². The zero-order valence-corrected chi connectivity index (χ0v) is 15.6. The maximum atomic E-state index is 12.5. The van der Waals surface area contributed by atoms with Crippen molar-refractivity contribution in [3.63, 3.8) is 0 Å². The van der Waals surface area contributed by atoms with E-state index in [1.165, 1.54) is 6.33 Å². The number of hydrogen-bond donors (Lipinski definition) is 1. The Bertz CT molecular complexity index is 843. The molecule has 140 valence electrons. The zero-order valence-electron chi connectivity index (χ0n) is 15.6. The van der Waals surface area contributed by atoms with Crippen LogP contribution in [0.4, 0.5) is 0 Å². The third kappa shape index (κ3) is 4.94. The van der Waals surface area contributed by atoms with Crippen molar-refractivity contribution in [3.8, 4) is 11.4 Å². The van der Waals surface area contributed by atoms with Crippen LogP contribution < -0.4 is 10.1 Å². The quantitative estimate of drug-likeness (QED) is 0.615. The molecule has 0 bridgehead atoms. The normalized spacial score (nSPS) is 11.8. The molecule has 1 amide bonds. The molecule has 1 unspecified atom stereocenters. The highest BCUT2D eigenvalue weighted by Crippen LogP contribution is 2.17. The average Bonchev–Trinajstić information content (AvgIpc) is 3.23. The summed E-state index contributed by atoms with van der Waals surface area (Å²) in [6.45, 7) is 4.79. The van der Waals surface area contributed by atoms with E-state index in [9.17, 15) is 4.79 Å². The van der Waals surface area contributed by atoms with Gasteiger partial charge < -0.3 is 10.1 Å². The number of rotatable bonds is 8. The van der Waals surface area contributed by atoms with Crippen LogP contribution in [0.1, 0.15) is 48.7 Å². The van der Waals surface area contributed by atoms with Crippen molar-refractivity contribution in [1.29, 1.82) is 0 Å². The second-order valence-corrected chi connectivity index (χ2v) is 6.35. The van der Waals surface area contributed by atoms with E-state index >= 15 is 0 Å². The number of nitrogens with one attached hydrogen (secondary N) is 1. The number of nitrogens with zero attached hydrogens (tertiary/aromatic N) is 3. The molecule has 3 rings (SSSR count). The Morgan fingerprint density at radius 2 is 1.89 bits per heavy atom. The highest BCUT2D eigenvalue weighted by Gasteiger charge is 2.12. The molecule has 1 aromatic heterocycles. The van der Waals surface area contributed by atoms with E-state index in [4.69, 9.17) is 4.74 Å². The Hall–Kier alpha value is -3.15. The topological polar surface area (TPSA) is 69.0 Å². The molecule has 0 aliphatic rings. The monoisotopic (exact) mass is 364 g/mol. The van der Waals surface area contributed by atoms with Gasteiger partial charge in [0.25, 0.3) is 5.91 Å². The highest BCUT2D eigenvalue weighted by atomic mass is 16.5. The van der Waals surface area contributed by atoms with Gasteiger partial charge in [0.1, 0.15) is 18.4 Å². The summed E-state index contributed by atoms with van der Waals surface area (Å²) in [5.41, 5.74) is 2.56. The fourth-order valence-electron chi connectivity index (χ4n) is 2.66. The van der Waals surface area contributed by atoms with E-state index in [2.05, 4.69) is 22.3 Å². The molecular weight excluding hydrogens is 340 g/mol. The second kappa shape index (κ2) is 8.98. The van der Waals surface area contributed by atoms with Crippen LogP contribution in [0.5, 0.6) is 5.75 Å². The minimum absolute atomic E-state index is 0.108. The molecular formula is C21H24N4O2. The number of aromatic nitrogens is 3. The Morgan fingerprint density at radius 1 is 1.15 bits per heavy atom. The summed E-state index contributed by atoms with van der Waals surface area (Å²) in [5.74, 6) is 0.680. The molecule has 0 saturated carbocycles. The molecule has 0 radical (unpaired) electrons. The Kier molecular flexibility index (Phi) is 6.20. The lowest BCUT2D eigenvalue weighted by Crippen LogP contribution is -2.26. The summed E-state index contributed by atoms with van der Waals surface area (Å²) in [4.78, 5) is 16.4. The number of carbonyl (C=O) groups excluding carboxylic acids is 1. The number of amides is 1. The maximum absolute atomic E-state index is 12.5. The van der Waals surface area contributed by atoms with Crippen molar-refractivity contribution < 1.29 is 9.53 Å². The average molecular weight is 364 g/mol. The van der Waals surface area contributed by atoms with Gasteiger partial charge in [0.2, 0.25) is 0 Å². The van der Waals surface area contributed by atoms with Gasteiger partial charge in [-0.25, -0.2) is 9.67 Å². The Labute approximate surface area is 159 Å². The SMILES string of the molecule is CCCCOc1ccc(C(=O)NC(C)c2ccc(-n3cncn3)cc2)cc1. The van der Waals surface area contributed by atoms with E-state index in [0.717, 1.165) is 29.8 Å². The van der Waals surface area contributed by atoms with Crippen molar-refractivity contribution in [1.82, 2.24) is 20.1 Å². The molecule has 6 heteroatoms. The van der Waals surface area contributed by atoms with Crippen LogP contribution in [-0.4, -0.2) is 27.3 Å². The predicted octanol–water partition coefficient (Wildman–Crippen LogP) is 3.94. The van der Waals surface area contributed by atoms with Crippen LogP contribution in [0.25, 0.3) is 5.69 Å². The first kappa shape index (κ1) is 18.6.